The van der Waals surface area contributed by atoms with Gasteiger partial charge in [0.1, 0.15) is 13.2 Å². The topological polar surface area (TPSA) is 111 Å². The number of ether oxygens (including phenoxy) is 4. The van der Waals surface area contributed by atoms with E-state index < -0.39 is 24.3 Å². The van der Waals surface area contributed by atoms with Crippen LogP contribution in [-0.4, -0.2) is 82.3 Å². The Morgan fingerprint density at radius 2 is 0.640 bits per heavy atom. The average Bonchev–Trinajstić information content (AvgIpc) is 3.64. The van der Waals surface area contributed by atoms with Crippen molar-refractivity contribution in [1.29, 1.82) is 0 Å². The number of allylic oxidation sites excluding steroid dienone is 20. The molecule has 0 spiro atoms. The summed E-state index contributed by atoms with van der Waals surface area (Å²) in [7, 11) is 5.92. The van der Waals surface area contributed by atoms with Crippen molar-refractivity contribution in [2.24, 2.45) is 0 Å². The van der Waals surface area contributed by atoms with Gasteiger partial charge in [-0.1, -0.05) is 309 Å². The molecule has 2 unspecified atom stereocenters. The Morgan fingerprint density at radius 3 is 0.966 bits per heavy atom. The summed E-state index contributed by atoms with van der Waals surface area (Å²) in [5.41, 5.74) is 0. The summed E-state index contributed by atoms with van der Waals surface area (Å²) in [6.45, 7) is 4.63. The van der Waals surface area contributed by atoms with Crippen molar-refractivity contribution >= 4 is 17.9 Å². The van der Waals surface area contributed by atoms with Crippen LogP contribution in [0.4, 0.5) is 0 Å². The van der Waals surface area contributed by atoms with E-state index in [0.717, 1.165) is 109 Å². The van der Waals surface area contributed by atoms with Crippen LogP contribution in [0.1, 0.15) is 309 Å². The molecule has 89 heavy (non-hydrogen) atoms. The number of carboxylic acid groups (broad SMARTS) is 1. The summed E-state index contributed by atoms with van der Waals surface area (Å²) < 4.78 is 22.8. The van der Waals surface area contributed by atoms with Crippen LogP contribution in [0.2, 0.25) is 0 Å². The van der Waals surface area contributed by atoms with Crippen LogP contribution in [0.5, 0.6) is 0 Å². The zero-order valence-corrected chi connectivity index (χ0v) is 58.3. The average molecular weight is 1240 g/mol. The molecule has 0 heterocycles. The van der Waals surface area contributed by atoms with Gasteiger partial charge in [0, 0.05) is 12.8 Å². The van der Waals surface area contributed by atoms with Gasteiger partial charge in [0.2, 0.25) is 0 Å². The van der Waals surface area contributed by atoms with Gasteiger partial charge in [-0.25, -0.2) is 0 Å². The fourth-order valence-corrected chi connectivity index (χ4v) is 10.1. The molecule has 0 aromatic heterocycles. The molecule has 0 aliphatic rings. The molecule has 0 bridgehead atoms. The first-order valence-corrected chi connectivity index (χ1v) is 36.7. The molecule has 9 nitrogen and oxygen atoms in total. The van der Waals surface area contributed by atoms with Crippen molar-refractivity contribution in [3.63, 3.8) is 0 Å². The lowest BCUT2D eigenvalue weighted by Gasteiger charge is -2.26. The number of unbranched alkanes of at least 4 members (excludes halogenated alkanes) is 32. The number of carbonyl (C=O) groups is 3. The molecule has 0 rings (SSSR count). The van der Waals surface area contributed by atoms with Gasteiger partial charge in [0.25, 0.3) is 0 Å². The molecule has 0 N–H and O–H groups in total. The summed E-state index contributed by atoms with van der Waals surface area (Å²) >= 11 is 0. The van der Waals surface area contributed by atoms with Gasteiger partial charge in [-0.3, -0.25) is 9.59 Å². The zero-order chi connectivity index (χ0) is 64.7. The van der Waals surface area contributed by atoms with Crippen LogP contribution in [0, 0.1) is 0 Å². The number of carbonyl (C=O) groups excluding carboxylic acids is 3. The van der Waals surface area contributed by atoms with E-state index in [2.05, 4.69) is 135 Å². The van der Waals surface area contributed by atoms with E-state index in [0.29, 0.717) is 17.4 Å². The number of quaternary nitrogens is 1. The van der Waals surface area contributed by atoms with Crippen LogP contribution in [0.15, 0.2) is 122 Å². The Kier molecular flexibility index (Phi) is 66.2. The minimum atomic E-state index is -1.63. The van der Waals surface area contributed by atoms with E-state index >= 15 is 0 Å². The number of aliphatic carboxylic acids is 1. The molecular weight excluding hydrogens is 1100 g/mol. The maximum absolute atomic E-state index is 12.9. The van der Waals surface area contributed by atoms with Gasteiger partial charge in [0.05, 0.1) is 40.3 Å². The number of hydrogen-bond acceptors (Lipinski definition) is 8. The fourth-order valence-electron chi connectivity index (χ4n) is 10.1. The van der Waals surface area contributed by atoms with Crippen molar-refractivity contribution < 1.29 is 42.9 Å². The Balaban J connectivity index is 4.16. The van der Waals surface area contributed by atoms with Crippen molar-refractivity contribution in [1.82, 2.24) is 0 Å². The van der Waals surface area contributed by atoms with Crippen LogP contribution in [0.3, 0.4) is 0 Å². The lowest BCUT2D eigenvalue weighted by Crippen LogP contribution is -2.44. The maximum atomic E-state index is 12.9. The van der Waals surface area contributed by atoms with E-state index in [1.165, 1.54) is 167 Å². The summed E-state index contributed by atoms with van der Waals surface area (Å²) in [6, 6.07) is 0. The Hall–Kier alpha value is -4.31. The van der Waals surface area contributed by atoms with Gasteiger partial charge in [-0.05, 0) is 109 Å². The number of carboxylic acids is 1. The van der Waals surface area contributed by atoms with E-state index in [1.54, 1.807) is 0 Å². The minimum Gasteiger partial charge on any atom is -0.545 e. The highest BCUT2D eigenvalue weighted by molar-refractivity contribution is 5.70. The Bertz CT molecular complexity index is 1880. The molecule has 0 saturated heterocycles. The molecule has 2 atom stereocenters. The third-order valence-corrected chi connectivity index (χ3v) is 15.7. The second-order valence-electron chi connectivity index (χ2n) is 25.5. The highest BCUT2D eigenvalue weighted by Gasteiger charge is 2.22. The molecule has 9 heteroatoms. The monoisotopic (exact) mass is 1240 g/mol. The second-order valence-corrected chi connectivity index (χ2v) is 25.5. The highest BCUT2D eigenvalue weighted by atomic mass is 16.7. The number of rotatable bonds is 67. The van der Waals surface area contributed by atoms with Gasteiger partial charge in [-0.2, -0.15) is 0 Å². The molecule has 0 aromatic rings. The first-order valence-electron chi connectivity index (χ1n) is 36.7. The number of esters is 2. The third-order valence-electron chi connectivity index (χ3n) is 15.7. The van der Waals surface area contributed by atoms with Crippen LogP contribution in [-0.2, 0) is 33.3 Å². The lowest BCUT2D eigenvalue weighted by atomic mass is 10.0. The predicted molar refractivity (Wildman–Crippen MR) is 380 cm³/mol. The number of likely N-dealkylation sites (N-methyl/N-ethyl adjacent to an activating group) is 1. The molecule has 0 fully saturated rings. The molecule has 0 aliphatic heterocycles. The highest BCUT2D eigenvalue weighted by Crippen LogP contribution is 2.17. The van der Waals surface area contributed by atoms with Crippen LogP contribution in [0.25, 0.3) is 0 Å². The second kappa shape index (κ2) is 69.6. The summed E-state index contributed by atoms with van der Waals surface area (Å²) in [6.07, 6.45) is 95.8. The standard InChI is InChI=1S/C80H137NO8/c1-6-8-10-12-14-16-18-20-22-24-26-28-30-32-34-36-38-39-41-43-45-47-49-51-53-55-57-59-61-63-65-67-69-71-78(83)89-76(75-88-80(79(84)85)86-73-72-81(3,4)5)74-87-77(82)70-68-66-64-62-60-58-56-54-52-50-48-46-44-42-40-37-35-33-31-29-27-25-23-21-19-17-15-13-11-9-7-2/h8,10,14,16,20,22,25-28,32,34,38-39,43,45,49,51,55,57,76,80H,6-7,9,11-13,15,17-19,21,23-24,29-31,33,35-37,40-42,44,46-48,50,52-54,56,58-75H2,1-5H3/b10-8-,16-14-,22-20-,27-25-,28-26-,34-32-,39-38-,45-43-,51-49-,57-55-. The molecule has 0 radical (unpaired) electrons. The van der Waals surface area contributed by atoms with Crippen molar-refractivity contribution in [2.45, 2.75) is 322 Å². The quantitative estimate of drug-likeness (QED) is 0.0195. The molecule has 0 aromatic carbocycles. The summed E-state index contributed by atoms with van der Waals surface area (Å²) in [5.74, 6) is -2.31. The van der Waals surface area contributed by atoms with Crippen LogP contribution < -0.4 is 5.11 Å². The largest absolute Gasteiger partial charge is 0.545 e. The predicted octanol–water partition coefficient (Wildman–Crippen LogP) is 21.8. The first-order chi connectivity index (χ1) is 43.6. The van der Waals surface area contributed by atoms with Crippen molar-refractivity contribution in [2.75, 3.05) is 47.5 Å². The van der Waals surface area contributed by atoms with Gasteiger partial charge in [-0.15, -0.1) is 0 Å². The van der Waals surface area contributed by atoms with Crippen molar-refractivity contribution in [3.8, 4) is 0 Å². The normalized spacial score (nSPS) is 13.4. The smallest absolute Gasteiger partial charge is 0.306 e. The van der Waals surface area contributed by atoms with Crippen LogP contribution >= 0.6 is 0 Å². The SMILES string of the molecule is CC/C=C\C/C=C\C/C=C\C/C=C\C/C=C\C/C=C\C/C=C\C/C=C\C/C=C\CCCCCCCC(=O)OC(COC(=O)CCCCCCCCCCCCCCCCCCCCC/C=C\CCCCCCCCCC)COC(OCC[N+](C)(C)C)C(=O)[O-]. The van der Waals surface area contributed by atoms with Gasteiger partial charge in [0.15, 0.2) is 12.4 Å². The lowest BCUT2D eigenvalue weighted by molar-refractivity contribution is -0.870. The number of nitrogens with zero attached hydrogens (tertiary/aromatic N) is 1. The van der Waals surface area contributed by atoms with E-state index in [-0.39, 0.29) is 38.6 Å². The maximum Gasteiger partial charge on any atom is 0.306 e. The third kappa shape index (κ3) is 71.0. The van der Waals surface area contributed by atoms with E-state index in [4.69, 9.17) is 18.9 Å². The minimum absolute atomic E-state index is 0.139. The van der Waals surface area contributed by atoms with Crippen molar-refractivity contribution in [3.05, 3.63) is 122 Å². The zero-order valence-electron chi connectivity index (χ0n) is 58.3. The van der Waals surface area contributed by atoms with Gasteiger partial charge >= 0.3 is 11.9 Å². The fraction of sp³-hybridized carbons (Fsp3) is 0.713. The molecule has 0 saturated carbocycles. The summed E-state index contributed by atoms with van der Waals surface area (Å²) in [5, 5.41) is 11.8. The molecule has 0 amide bonds. The molecule has 0 aliphatic carbocycles. The van der Waals surface area contributed by atoms with Gasteiger partial charge < -0.3 is 33.3 Å². The first kappa shape index (κ1) is 84.7. The van der Waals surface area contributed by atoms with E-state index in [1.807, 2.05) is 21.1 Å². The Morgan fingerprint density at radius 1 is 0.348 bits per heavy atom. The summed E-state index contributed by atoms with van der Waals surface area (Å²) in [4.78, 5) is 37.5. The Labute approximate surface area is 548 Å². The number of hydrogen-bond donors (Lipinski definition) is 0. The molecular formula is C80H137NO8. The molecule has 510 valence electrons. The van der Waals surface area contributed by atoms with E-state index in [9.17, 15) is 19.5 Å².